The van der Waals surface area contributed by atoms with Crippen molar-refractivity contribution in [2.45, 2.75) is 10.1 Å². The van der Waals surface area contributed by atoms with Crippen LogP contribution in [0.5, 0.6) is 0 Å². The van der Waals surface area contributed by atoms with E-state index in [1.54, 1.807) is 12.1 Å². The Balaban J connectivity index is 2.36. The Hall–Kier alpha value is -1.37. The number of nitrogen functional groups attached to an aromatic ring is 3. The molecule has 0 atom stereocenters. The SMILES string of the molecule is Nc1cc(N)nc(Sc2cc(Cl)c(Cl)cc2N)n1. The van der Waals surface area contributed by atoms with Crippen LogP contribution in [-0.2, 0) is 0 Å². The predicted octanol–water partition coefficient (Wildman–Crippen LogP) is 2.68. The molecule has 0 aliphatic rings. The van der Waals surface area contributed by atoms with Gasteiger partial charge >= 0.3 is 0 Å². The molecule has 1 heterocycles. The van der Waals surface area contributed by atoms with Gasteiger partial charge in [0.15, 0.2) is 5.16 Å². The van der Waals surface area contributed by atoms with Crippen LogP contribution in [0, 0.1) is 0 Å². The molecule has 0 aliphatic heterocycles. The van der Waals surface area contributed by atoms with Gasteiger partial charge in [0.25, 0.3) is 0 Å². The molecule has 0 spiro atoms. The van der Waals surface area contributed by atoms with Crippen molar-refractivity contribution in [2.75, 3.05) is 17.2 Å². The first kappa shape index (κ1) is 13.1. The van der Waals surface area contributed by atoms with Crippen molar-refractivity contribution in [3.63, 3.8) is 0 Å². The maximum Gasteiger partial charge on any atom is 0.196 e. The van der Waals surface area contributed by atoms with Crippen LogP contribution in [0.15, 0.2) is 28.3 Å². The lowest BCUT2D eigenvalue weighted by atomic mass is 10.3. The number of rotatable bonds is 2. The summed E-state index contributed by atoms with van der Waals surface area (Å²) >= 11 is 13.0. The third-order valence-corrected chi connectivity index (χ3v) is 3.66. The van der Waals surface area contributed by atoms with Crippen LogP contribution in [0.25, 0.3) is 0 Å². The summed E-state index contributed by atoms with van der Waals surface area (Å²) in [6.07, 6.45) is 0. The molecule has 5 nitrogen and oxygen atoms in total. The maximum absolute atomic E-state index is 5.92. The van der Waals surface area contributed by atoms with Crippen molar-refractivity contribution in [1.82, 2.24) is 9.97 Å². The van der Waals surface area contributed by atoms with Crippen LogP contribution < -0.4 is 17.2 Å². The highest BCUT2D eigenvalue weighted by atomic mass is 35.5. The Bertz CT molecular complexity index is 585. The zero-order valence-electron chi connectivity index (χ0n) is 9.02. The Morgan fingerprint density at radius 3 is 2.06 bits per heavy atom. The van der Waals surface area contributed by atoms with Gasteiger partial charge in [-0.25, -0.2) is 9.97 Å². The largest absolute Gasteiger partial charge is 0.398 e. The van der Waals surface area contributed by atoms with E-state index in [-0.39, 0.29) is 0 Å². The molecule has 1 aromatic heterocycles. The highest BCUT2D eigenvalue weighted by Gasteiger charge is 2.09. The van der Waals surface area contributed by atoms with E-state index in [1.165, 1.54) is 17.8 Å². The molecule has 18 heavy (non-hydrogen) atoms. The summed E-state index contributed by atoms with van der Waals surface area (Å²) in [5.41, 5.74) is 17.5. The number of nitrogens with zero attached hydrogens (tertiary/aromatic N) is 2. The van der Waals surface area contributed by atoms with Crippen molar-refractivity contribution in [3.8, 4) is 0 Å². The average Bonchev–Trinajstić information content (AvgIpc) is 2.24. The summed E-state index contributed by atoms with van der Waals surface area (Å²) in [6.45, 7) is 0. The van der Waals surface area contributed by atoms with E-state index < -0.39 is 0 Å². The number of benzene rings is 1. The van der Waals surface area contributed by atoms with E-state index in [4.69, 9.17) is 40.4 Å². The van der Waals surface area contributed by atoms with Crippen molar-refractivity contribution in [1.29, 1.82) is 0 Å². The van der Waals surface area contributed by atoms with Crippen molar-refractivity contribution in [3.05, 3.63) is 28.2 Å². The number of anilines is 3. The second kappa shape index (κ2) is 5.09. The van der Waals surface area contributed by atoms with Crippen molar-refractivity contribution in [2.24, 2.45) is 0 Å². The van der Waals surface area contributed by atoms with E-state index >= 15 is 0 Å². The zero-order chi connectivity index (χ0) is 13.3. The van der Waals surface area contributed by atoms with E-state index in [0.29, 0.717) is 37.4 Å². The molecule has 94 valence electrons. The molecule has 2 rings (SSSR count). The molecule has 6 N–H and O–H groups in total. The first-order valence-electron chi connectivity index (χ1n) is 4.78. The molecule has 0 radical (unpaired) electrons. The van der Waals surface area contributed by atoms with Gasteiger partial charge in [0.2, 0.25) is 0 Å². The van der Waals surface area contributed by atoms with Crippen molar-refractivity contribution >= 4 is 52.3 Å². The second-order valence-corrected chi connectivity index (χ2v) is 5.23. The summed E-state index contributed by atoms with van der Waals surface area (Å²) in [5.74, 6) is 0.590. The van der Waals surface area contributed by atoms with Gasteiger partial charge in [-0.2, -0.15) is 0 Å². The lowest BCUT2D eigenvalue weighted by molar-refractivity contribution is 0.985. The van der Waals surface area contributed by atoms with Gasteiger partial charge < -0.3 is 17.2 Å². The molecule has 0 aliphatic carbocycles. The van der Waals surface area contributed by atoms with Gasteiger partial charge in [0.05, 0.1) is 10.0 Å². The summed E-state index contributed by atoms with van der Waals surface area (Å²) in [4.78, 5) is 8.77. The first-order chi connectivity index (χ1) is 8.45. The third-order valence-electron chi connectivity index (χ3n) is 2.00. The lowest BCUT2D eigenvalue weighted by Gasteiger charge is -2.07. The molecule has 0 saturated carbocycles. The average molecular weight is 302 g/mol. The van der Waals surface area contributed by atoms with Crippen LogP contribution >= 0.6 is 35.0 Å². The Morgan fingerprint density at radius 2 is 1.44 bits per heavy atom. The van der Waals surface area contributed by atoms with Crippen LogP contribution in [0.1, 0.15) is 0 Å². The summed E-state index contributed by atoms with van der Waals surface area (Å²) in [6, 6.07) is 4.69. The molecule has 2 aromatic rings. The minimum Gasteiger partial charge on any atom is -0.398 e. The topological polar surface area (TPSA) is 104 Å². The normalized spacial score (nSPS) is 10.6. The Morgan fingerprint density at radius 1 is 0.889 bits per heavy atom. The Labute approximate surface area is 118 Å². The predicted molar refractivity (Wildman–Crippen MR) is 75.9 cm³/mol. The summed E-state index contributed by atoms with van der Waals surface area (Å²) in [5, 5.41) is 1.20. The summed E-state index contributed by atoms with van der Waals surface area (Å²) < 4.78 is 0. The Kier molecular flexibility index (Phi) is 3.70. The molecule has 0 saturated heterocycles. The maximum atomic E-state index is 5.92. The van der Waals surface area contributed by atoms with Gasteiger partial charge in [-0.05, 0) is 23.9 Å². The molecule has 1 aromatic carbocycles. The molecule has 0 fully saturated rings. The number of halogens is 2. The second-order valence-electron chi connectivity index (χ2n) is 3.41. The molecule has 0 bridgehead atoms. The monoisotopic (exact) mass is 301 g/mol. The van der Waals surface area contributed by atoms with Crippen LogP contribution in [0.4, 0.5) is 17.3 Å². The van der Waals surface area contributed by atoms with Gasteiger partial charge in [0, 0.05) is 16.6 Å². The third kappa shape index (κ3) is 2.90. The van der Waals surface area contributed by atoms with E-state index in [2.05, 4.69) is 9.97 Å². The van der Waals surface area contributed by atoms with E-state index in [0.717, 1.165) is 0 Å². The minimum absolute atomic E-state index is 0.295. The quantitative estimate of drug-likeness (QED) is 0.582. The molecular weight excluding hydrogens is 293 g/mol. The standard InChI is InChI=1S/C10H9Cl2N5S/c11-4-1-6(13)7(2-5(4)12)18-10-16-8(14)3-9(15)17-10/h1-3H,13H2,(H4,14,15,16,17). The van der Waals surface area contributed by atoms with Gasteiger partial charge in [0.1, 0.15) is 11.6 Å². The van der Waals surface area contributed by atoms with Crippen molar-refractivity contribution < 1.29 is 0 Å². The summed E-state index contributed by atoms with van der Waals surface area (Å²) in [7, 11) is 0. The minimum atomic E-state index is 0.295. The van der Waals surface area contributed by atoms with Crippen LogP contribution in [0.2, 0.25) is 10.0 Å². The van der Waals surface area contributed by atoms with Crippen LogP contribution in [-0.4, -0.2) is 9.97 Å². The molecule has 0 amide bonds. The van der Waals surface area contributed by atoms with Gasteiger partial charge in [-0.1, -0.05) is 23.2 Å². The fraction of sp³-hybridized carbons (Fsp3) is 0. The molecular formula is C10H9Cl2N5S. The highest BCUT2D eigenvalue weighted by molar-refractivity contribution is 7.99. The van der Waals surface area contributed by atoms with Gasteiger partial charge in [-0.3, -0.25) is 0 Å². The van der Waals surface area contributed by atoms with Crippen LogP contribution in [0.3, 0.4) is 0 Å². The number of aromatic nitrogens is 2. The fourth-order valence-electron chi connectivity index (χ4n) is 1.24. The van der Waals surface area contributed by atoms with E-state index in [1.807, 2.05) is 0 Å². The number of nitrogens with two attached hydrogens (primary N) is 3. The molecule has 0 unspecified atom stereocenters. The smallest absolute Gasteiger partial charge is 0.196 e. The zero-order valence-corrected chi connectivity index (χ0v) is 11.4. The van der Waals surface area contributed by atoms with E-state index in [9.17, 15) is 0 Å². The first-order valence-corrected chi connectivity index (χ1v) is 6.35. The lowest BCUT2D eigenvalue weighted by Crippen LogP contribution is -1.99. The highest BCUT2D eigenvalue weighted by Crippen LogP contribution is 2.36. The fourth-order valence-corrected chi connectivity index (χ4v) is 2.49. The number of hydrogen-bond donors (Lipinski definition) is 3. The molecule has 8 heteroatoms. The number of hydrogen-bond acceptors (Lipinski definition) is 6. The van der Waals surface area contributed by atoms with Gasteiger partial charge in [-0.15, -0.1) is 0 Å².